The minimum absolute atomic E-state index is 0.0989. The second-order valence-corrected chi connectivity index (χ2v) is 7.04. The van der Waals surface area contributed by atoms with Crippen LogP contribution in [0, 0.1) is 0 Å². The molecular weight excluding hydrogens is 311 g/mol. The zero-order valence-corrected chi connectivity index (χ0v) is 12.4. The van der Waals surface area contributed by atoms with Crippen LogP contribution < -0.4 is 5.32 Å². The van der Waals surface area contributed by atoms with E-state index in [0.29, 0.717) is 30.2 Å². The molecule has 0 aromatic carbocycles. The second kappa shape index (κ2) is 6.78. The maximum absolute atomic E-state index is 12.8. The van der Waals surface area contributed by atoms with Crippen molar-refractivity contribution in [2.75, 3.05) is 45.9 Å². The standard InChI is InChI=1S/C11H20F3N3O3S/c12-11(13,14)9-17(10-1-3-15-4-2-10)21(18,19)16-5-7-20-8-6-16/h10,15H,1-9H2. The van der Waals surface area contributed by atoms with Gasteiger partial charge in [-0.3, -0.25) is 0 Å². The summed E-state index contributed by atoms with van der Waals surface area (Å²) >= 11 is 0. The molecule has 0 bridgehead atoms. The van der Waals surface area contributed by atoms with Gasteiger partial charge in [0.25, 0.3) is 10.2 Å². The third kappa shape index (κ3) is 4.52. The van der Waals surface area contributed by atoms with E-state index in [1.165, 1.54) is 0 Å². The number of hydrogen-bond donors (Lipinski definition) is 1. The summed E-state index contributed by atoms with van der Waals surface area (Å²) < 4.78 is 70.2. The molecule has 124 valence electrons. The number of hydrogen-bond acceptors (Lipinski definition) is 4. The first kappa shape index (κ1) is 16.9. The third-order valence-electron chi connectivity index (χ3n) is 3.64. The fourth-order valence-corrected chi connectivity index (χ4v) is 4.40. The van der Waals surface area contributed by atoms with Crippen molar-refractivity contribution in [3.05, 3.63) is 0 Å². The van der Waals surface area contributed by atoms with E-state index in [1.807, 2.05) is 0 Å². The first-order valence-corrected chi connectivity index (χ1v) is 8.32. The molecule has 0 amide bonds. The Labute approximate surface area is 122 Å². The number of morpholine rings is 1. The van der Waals surface area contributed by atoms with Gasteiger partial charge >= 0.3 is 6.18 Å². The predicted octanol–water partition coefficient (Wildman–Crippen LogP) is 0.180. The van der Waals surface area contributed by atoms with E-state index in [1.54, 1.807) is 0 Å². The Morgan fingerprint density at radius 2 is 1.76 bits per heavy atom. The highest BCUT2D eigenvalue weighted by Crippen LogP contribution is 2.26. The third-order valence-corrected chi connectivity index (χ3v) is 5.68. The van der Waals surface area contributed by atoms with Crippen LogP contribution in [0.5, 0.6) is 0 Å². The Morgan fingerprint density at radius 1 is 1.19 bits per heavy atom. The van der Waals surface area contributed by atoms with Crippen molar-refractivity contribution in [1.82, 2.24) is 13.9 Å². The quantitative estimate of drug-likeness (QED) is 0.798. The molecule has 2 aliphatic rings. The van der Waals surface area contributed by atoms with Crippen LogP contribution in [0.2, 0.25) is 0 Å². The van der Waals surface area contributed by atoms with Gasteiger partial charge in [-0.05, 0) is 25.9 Å². The van der Waals surface area contributed by atoms with E-state index >= 15 is 0 Å². The van der Waals surface area contributed by atoms with Crippen molar-refractivity contribution >= 4 is 10.2 Å². The monoisotopic (exact) mass is 331 g/mol. The lowest BCUT2D eigenvalue weighted by molar-refractivity contribution is -0.140. The van der Waals surface area contributed by atoms with E-state index < -0.39 is 29.0 Å². The molecule has 0 aliphatic carbocycles. The van der Waals surface area contributed by atoms with Gasteiger partial charge in [-0.1, -0.05) is 0 Å². The lowest BCUT2D eigenvalue weighted by atomic mass is 10.1. The summed E-state index contributed by atoms with van der Waals surface area (Å²) in [5, 5.41) is 3.03. The Bertz CT molecular complexity index is 432. The van der Waals surface area contributed by atoms with Crippen LogP contribution in [0.1, 0.15) is 12.8 Å². The van der Waals surface area contributed by atoms with Crippen molar-refractivity contribution in [2.24, 2.45) is 0 Å². The Morgan fingerprint density at radius 3 is 2.29 bits per heavy atom. The highest BCUT2D eigenvalue weighted by Gasteiger charge is 2.43. The molecule has 2 rings (SSSR count). The lowest BCUT2D eigenvalue weighted by Gasteiger charge is -2.38. The molecule has 21 heavy (non-hydrogen) atoms. The van der Waals surface area contributed by atoms with Crippen LogP contribution in [0.3, 0.4) is 0 Å². The summed E-state index contributed by atoms with van der Waals surface area (Å²) in [6.45, 7) is 0.243. The highest BCUT2D eigenvalue weighted by atomic mass is 32.2. The van der Waals surface area contributed by atoms with Gasteiger partial charge in [0.05, 0.1) is 13.2 Å². The van der Waals surface area contributed by atoms with Gasteiger partial charge in [-0.25, -0.2) is 0 Å². The van der Waals surface area contributed by atoms with E-state index in [0.717, 1.165) is 4.31 Å². The van der Waals surface area contributed by atoms with E-state index in [4.69, 9.17) is 4.74 Å². The van der Waals surface area contributed by atoms with E-state index in [-0.39, 0.29) is 26.3 Å². The fraction of sp³-hybridized carbons (Fsp3) is 1.00. The fourth-order valence-electron chi connectivity index (χ4n) is 2.60. The summed E-state index contributed by atoms with van der Waals surface area (Å²) in [5.41, 5.74) is 0. The molecular formula is C11H20F3N3O3S. The SMILES string of the molecule is O=S(=O)(N1CCOCC1)N(CC(F)(F)F)C1CCNCC1. The normalized spacial score (nSPS) is 23.6. The molecule has 0 aromatic heterocycles. The van der Waals surface area contributed by atoms with Crippen LogP contribution in [0.4, 0.5) is 13.2 Å². The number of nitrogens with one attached hydrogen (secondary N) is 1. The zero-order valence-electron chi connectivity index (χ0n) is 11.6. The van der Waals surface area contributed by atoms with Crippen molar-refractivity contribution in [3.63, 3.8) is 0 Å². The molecule has 2 saturated heterocycles. The largest absolute Gasteiger partial charge is 0.402 e. The van der Waals surface area contributed by atoms with Crippen molar-refractivity contribution in [1.29, 1.82) is 0 Å². The molecule has 6 nitrogen and oxygen atoms in total. The summed E-state index contributed by atoms with van der Waals surface area (Å²) in [5.74, 6) is 0. The van der Waals surface area contributed by atoms with Gasteiger partial charge in [0.15, 0.2) is 0 Å². The number of piperidine rings is 1. The summed E-state index contributed by atoms with van der Waals surface area (Å²) in [6, 6.07) is -0.610. The molecule has 0 spiro atoms. The Kier molecular flexibility index (Phi) is 5.47. The smallest absolute Gasteiger partial charge is 0.379 e. The van der Waals surface area contributed by atoms with Gasteiger partial charge in [0.2, 0.25) is 0 Å². The molecule has 2 fully saturated rings. The van der Waals surface area contributed by atoms with Crippen molar-refractivity contribution in [3.8, 4) is 0 Å². The van der Waals surface area contributed by atoms with Crippen LogP contribution in [-0.2, 0) is 14.9 Å². The molecule has 2 aliphatic heterocycles. The van der Waals surface area contributed by atoms with Crippen LogP contribution in [0.15, 0.2) is 0 Å². The van der Waals surface area contributed by atoms with Crippen LogP contribution >= 0.6 is 0 Å². The van der Waals surface area contributed by atoms with Gasteiger partial charge in [-0.15, -0.1) is 0 Å². The molecule has 1 N–H and O–H groups in total. The molecule has 0 saturated carbocycles. The first-order valence-electron chi connectivity index (χ1n) is 6.93. The highest BCUT2D eigenvalue weighted by molar-refractivity contribution is 7.86. The van der Waals surface area contributed by atoms with Crippen LogP contribution in [0.25, 0.3) is 0 Å². The van der Waals surface area contributed by atoms with Crippen molar-refractivity contribution < 1.29 is 26.3 Å². The topological polar surface area (TPSA) is 61.9 Å². The molecule has 0 radical (unpaired) electrons. The molecule has 10 heteroatoms. The number of nitrogens with zero attached hydrogens (tertiary/aromatic N) is 2. The minimum Gasteiger partial charge on any atom is -0.379 e. The summed E-state index contributed by atoms with van der Waals surface area (Å²) in [7, 11) is -4.12. The minimum atomic E-state index is -4.55. The van der Waals surface area contributed by atoms with E-state index in [9.17, 15) is 21.6 Å². The maximum atomic E-state index is 12.8. The number of rotatable bonds is 4. The molecule has 2 heterocycles. The second-order valence-electron chi connectivity index (χ2n) is 5.16. The van der Waals surface area contributed by atoms with Gasteiger partial charge in [-0.2, -0.15) is 30.2 Å². The first-order chi connectivity index (χ1) is 9.81. The maximum Gasteiger partial charge on any atom is 0.402 e. The summed E-state index contributed by atoms with van der Waals surface area (Å²) in [4.78, 5) is 0. The van der Waals surface area contributed by atoms with Gasteiger partial charge < -0.3 is 10.1 Å². The molecule has 0 atom stereocenters. The average Bonchev–Trinajstić information content (AvgIpc) is 2.46. The summed E-state index contributed by atoms with van der Waals surface area (Å²) in [6.07, 6.45) is -3.77. The lowest BCUT2D eigenvalue weighted by Crippen LogP contribution is -2.56. The van der Waals surface area contributed by atoms with Gasteiger partial charge in [0, 0.05) is 19.1 Å². The average molecular weight is 331 g/mol. The zero-order chi connectivity index (χ0) is 15.5. The van der Waals surface area contributed by atoms with Crippen LogP contribution in [-0.4, -0.2) is 75.2 Å². The van der Waals surface area contributed by atoms with Crippen molar-refractivity contribution in [2.45, 2.75) is 25.1 Å². The number of halogens is 3. The Hall–Kier alpha value is -0.420. The number of alkyl halides is 3. The predicted molar refractivity (Wildman–Crippen MR) is 70.0 cm³/mol. The van der Waals surface area contributed by atoms with Gasteiger partial charge in [0.1, 0.15) is 6.54 Å². The van der Waals surface area contributed by atoms with E-state index in [2.05, 4.69) is 5.32 Å². The Balaban J connectivity index is 2.19. The molecule has 0 unspecified atom stereocenters. The number of ether oxygens (including phenoxy) is 1. The molecule has 0 aromatic rings.